The van der Waals surface area contributed by atoms with Gasteiger partial charge in [-0.25, -0.2) is 0 Å². The van der Waals surface area contributed by atoms with Gasteiger partial charge in [-0.3, -0.25) is 9.48 Å². The number of nitrogens with one attached hydrogen (secondary N) is 1. The molecule has 1 aromatic heterocycles. The lowest BCUT2D eigenvalue weighted by molar-refractivity contribution is 0.102. The first-order chi connectivity index (χ1) is 9.40. The summed E-state index contributed by atoms with van der Waals surface area (Å²) in [6.45, 7) is 0. The number of thiocarbonyl (C=S) groups is 1. The van der Waals surface area contributed by atoms with Gasteiger partial charge in [0.05, 0.1) is 17.3 Å². The molecule has 1 amide bonds. The van der Waals surface area contributed by atoms with Gasteiger partial charge in [-0.15, -0.1) is 0 Å². The molecule has 0 aliphatic heterocycles. The molecule has 3 N–H and O–H groups in total. The second-order valence-corrected chi connectivity index (χ2v) is 5.70. The summed E-state index contributed by atoms with van der Waals surface area (Å²) >= 11 is 14.1. The highest BCUT2D eigenvalue weighted by Gasteiger charge is 2.17. The molecule has 2 rings (SSSR count). The topological polar surface area (TPSA) is 72.9 Å². The molecule has 0 saturated heterocycles. The minimum absolute atomic E-state index is 0.165. The zero-order chi connectivity index (χ0) is 14.9. The first-order valence-corrected chi connectivity index (χ1v) is 7.06. The molecule has 0 atom stereocenters. The third-order valence-corrected chi connectivity index (χ3v) is 3.76. The molecule has 0 saturated carbocycles. The zero-order valence-corrected chi connectivity index (χ0v) is 13.5. The molecular weight excluding hydrogens is 364 g/mol. The average molecular weight is 374 g/mol. The standard InChI is InChI=1S/C12H10BrClN4OS/c1-18-11(8(5-16-18)10(15)20)17-12(19)7-4-6(14)2-3-9(7)13/h2-5H,1H3,(H2,15,20)(H,17,19). The SMILES string of the molecule is Cn1ncc(C(N)=S)c1NC(=O)c1cc(Cl)ccc1Br. The van der Waals surface area contributed by atoms with Crippen LogP contribution in [0, 0.1) is 0 Å². The van der Waals surface area contributed by atoms with Gasteiger partial charge in [0.2, 0.25) is 0 Å². The number of benzene rings is 1. The Morgan fingerprint density at radius 1 is 1.50 bits per heavy atom. The summed E-state index contributed by atoms with van der Waals surface area (Å²) in [5.74, 6) is 0.106. The Hall–Kier alpha value is -1.44. The van der Waals surface area contributed by atoms with Crippen LogP contribution in [0.15, 0.2) is 28.9 Å². The normalized spacial score (nSPS) is 10.3. The first kappa shape index (κ1) is 15.0. The number of carbonyl (C=O) groups excluding carboxylic acids is 1. The fourth-order valence-electron chi connectivity index (χ4n) is 1.61. The van der Waals surface area contributed by atoms with Crippen molar-refractivity contribution in [1.82, 2.24) is 9.78 Å². The maximum atomic E-state index is 12.3. The number of aryl methyl sites for hydroxylation is 1. The monoisotopic (exact) mass is 372 g/mol. The van der Waals surface area contributed by atoms with Crippen molar-refractivity contribution in [3.63, 3.8) is 0 Å². The molecule has 1 heterocycles. The molecule has 8 heteroatoms. The Labute approximate surface area is 134 Å². The van der Waals surface area contributed by atoms with Crippen LogP contribution in [0.4, 0.5) is 5.82 Å². The molecule has 5 nitrogen and oxygen atoms in total. The number of hydrogen-bond donors (Lipinski definition) is 2. The fourth-order valence-corrected chi connectivity index (χ4v) is 2.36. The number of halogens is 2. The van der Waals surface area contributed by atoms with Gasteiger partial charge >= 0.3 is 0 Å². The summed E-state index contributed by atoms with van der Waals surface area (Å²) in [6.07, 6.45) is 1.50. The number of carbonyl (C=O) groups is 1. The van der Waals surface area contributed by atoms with Gasteiger partial charge in [0, 0.05) is 16.5 Å². The Morgan fingerprint density at radius 3 is 2.85 bits per heavy atom. The Bertz CT molecular complexity index is 701. The van der Waals surface area contributed by atoms with Crippen LogP contribution in [0.2, 0.25) is 5.02 Å². The smallest absolute Gasteiger partial charge is 0.258 e. The van der Waals surface area contributed by atoms with Crippen LogP contribution in [-0.4, -0.2) is 20.7 Å². The highest BCUT2D eigenvalue weighted by molar-refractivity contribution is 9.10. The van der Waals surface area contributed by atoms with E-state index < -0.39 is 0 Å². The molecule has 20 heavy (non-hydrogen) atoms. The molecule has 0 spiro atoms. The van der Waals surface area contributed by atoms with Crippen LogP contribution in [-0.2, 0) is 7.05 Å². The Balaban J connectivity index is 2.35. The maximum absolute atomic E-state index is 12.3. The van der Waals surface area contributed by atoms with E-state index in [1.165, 1.54) is 10.9 Å². The molecular formula is C12H10BrClN4OS. The van der Waals surface area contributed by atoms with Crippen LogP contribution >= 0.6 is 39.7 Å². The summed E-state index contributed by atoms with van der Waals surface area (Å²) in [6, 6.07) is 4.96. The molecule has 2 aromatic rings. The van der Waals surface area contributed by atoms with E-state index in [9.17, 15) is 4.79 Å². The number of amides is 1. The number of rotatable bonds is 3. The lowest BCUT2D eigenvalue weighted by Crippen LogP contribution is -2.19. The minimum Gasteiger partial charge on any atom is -0.389 e. The molecule has 0 aliphatic rings. The van der Waals surface area contributed by atoms with E-state index in [2.05, 4.69) is 26.3 Å². The number of nitrogens with zero attached hydrogens (tertiary/aromatic N) is 2. The van der Waals surface area contributed by atoms with Crippen molar-refractivity contribution in [2.45, 2.75) is 0 Å². The molecule has 0 radical (unpaired) electrons. The van der Waals surface area contributed by atoms with Crippen LogP contribution in [0.25, 0.3) is 0 Å². The van der Waals surface area contributed by atoms with Gasteiger partial charge < -0.3 is 11.1 Å². The summed E-state index contributed by atoms with van der Waals surface area (Å²) in [4.78, 5) is 12.5. The van der Waals surface area contributed by atoms with Crippen molar-refractivity contribution in [2.75, 3.05) is 5.32 Å². The van der Waals surface area contributed by atoms with Crippen LogP contribution in [0.1, 0.15) is 15.9 Å². The first-order valence-electron chi connectivity index (χ1n) is 5.48. The van der Waals surface area contributed by atoms with Crippen molar-refractivity contribution in [3.8, 4) is 0 Å². The van der Waals surface area contributed by atoms with Crippen molar-refractivity contribution in [3.05, 3.63) is 45.0 Å². The van der Waals surface area contributed by atoms with Crippen LogP contribution < -0.4 is 11.1 Å². The molecule has 104 valence electrons. The van der Waals surface area contributed by atoms with Gasteiger partial charge in [0.25, 0.3) is 5.91 Å². The number of nitrogens with two attached hydrogens (primary N) is 1. The van der Waals surface area contributed by atoms with E-state index in [-0.39, 0.29) is 10.9 Å². The minimum atomic E-state index is -0.333. The van der Waals surface area contributed by atoms with Gasteiger partial charge in [-0.05, 0) is 34.1 Å². The quantitative estimate of drug-likeness (QED) is 0.811. The third kappa shape index (κ3) is 3.00. The second kappa shape index (κ2) is 5.90. The van der Waals surface area contributed by atoms with E-state index >= 15 is 0 Å². The van der Waals surface area contributed by atoms with E-state index in [0.29, 0.717) is 26.4 Å². The van der Waals surface area contributed by atoms with Crippen molar-refractivity contribution in [1.29, 1.82) is 0 Å². The lowest BCUT2D eigenvalue weighted by atomic mass is 10.2. The highest BCUT2D eigenvalue weighted by Crippen LogP contribution is 2.23. The highest BCUT2D eigenvalue weighted by atomic mass is 79.9. The van der Waals surface area contributed by atoms with E-state index in [1.807, 2.05) is 0 Å². The van der Waals surface area contributed by atoms with Gasteiger partial charge in [-0.2, -0.15) is 5.10 Å². The Morgan fingerprint density at radius 2 is 2.20 bits per heavy atom. The fraction of sp³-hybridized carbons (Fsp3) is 0.0833. The number of aromatic nitrogens is 2. The van der Waals surface area contributed by atoms with Crippen molar-refractivity contribution in [2.24, 2.45) is 12.8 Å². The van der Waals surface area contributed by atoms with E-state index in [1.54, 1.807) is 25.2 Å². The largest absolute Gasteiger partial charge is 0.389 e. The molecule has 0 unspecified atom stereocenters. The summed E-state index contributed by atoms with van der Waals surface area (Å²) in [7, 11) is 1.68. The van der Waals surface area contributed by atoms with E-state index in [4.69, 9.17) is 29.6 Å². The average Bonchev–Trinajstić information content (AvgIpc) is 2.74. The number of hydrogen-bond acceptors (Lipinski definition) is 3. The van der Waals surface area contributed by atoms with Crippen molar-refractivity contribution < 1.29 is 4.79 Å². The van der Waals surface area contributed by atoms with E-state index in [0.717, 1.165) is 0 Å². The lowest BCUT2D eigenvalue weighted by Gasteiger charge is -2.09. The summed E-state index contributed by atoms with van der Waals surface area (Å²) < 4.78 is 2.13. The van der Waals surface area contributed by atoms with Gasteiger partial charge in [-0.1, -0.05) is 23.8 Å². The maximum Gasteiger partial charge on any atom is 0.258 e. The molecule has 1 aromatic carbocycles. The molecule has 0 fully saturated rings. The zero-order valence-electron chi connectivity index (χ0n) is 10.4. The third-order valence-electron chi connectivity index (χ3n) is 2.61. The number of anilines is 1. The predicted molar refractivity (Wildman–Crippen MR) is 86.2 cm³/mol. The van der Waals surface area contributed by atoms with Crippen molar-refractivity contribution >= 4 is 56.5 Å². The van der Waals surface area contributed by atoms with Crippen LogP contribution in [0.3, 0.4) is 0 Å². The Kier molecular flexibility index (Phi) is 4.42. The molecule has 0 bridgehead atoms. The predicted octanol–water partition coefficient (Wildman–Crippen LogP) is 2.72. The van der Waals surface area contributed by atoms with Gasteiger partial charge in [0.1, 0.15) is 10.8 Å². The summed E-state index contributed by atoms with van der Waals surface area (Å²) in [5, 5.41) is 7.22. The van der Waals surface area contributed by atoms with Gasteiger partial charge in [0.15, 0.2) is 0 Å². The van der Waals surface area contributed by atoms with Crippen LogP contribution in [0.5, 0.6) is 0 Å². The summed E-state index contributed by atoms with van der Waals surface area (Å²) in [5.41, 5.74) is 6.51. The second-order valence-electron chi connectivity index (χ2n) is 3.97. The molecule has 0 aliphatic carbocycles.